The fraction of sp³-hybridized carbons (Fsp3) is 0.692. The molecule has 1 unspecified atom stereocenters. The number of methoxy groups -OCH3 is 1. The molecule has 1 N–H and O–H groups in total. The van der Waals surface area contributed by atoms with Gasteiger partial charge in [0.25, 0.3) is 0 Å². The fourth-order valence-electron chi connectivity index (χ4n) is 2.58. The van der Waals surface area contributed by atoms with Gasteiger partial charge in [0.15, 0.2) is 0 Å². The SMILES string of the molecule is COC(=O)C(C(C)C)n1cncc1[C@@H]1CCCN1. The Labute approximate surface area is 108 Å². The molecule has 2 atom stereocenters. The Morgan fingerprint density at radius 3 is 2.94 bits per heavy atom. The Morgan fingerprint density at radius 2 is 2.39 bits per heavy atom. The molecule has 0 aromatic carbocycles. The molecule has 0 saturated carbocycles. The summed E-state index contributed by atoms with van der Waals surface area (Å²) >= 11 is 0. The first-order chi connectivity index (χ1) is 8.65. The molecule has 2 heterocycles. The minimum Gasteiger partial charge on any atom is -0.467 e. The summed E-state index contributed by atoms with van der Waals surface area (Å²) in [4.78, 5) is 16.1. The van der Waals surface area contributed by atoms with E-state index >= 15 is 0 Å². The van der Waals surface area contributed by atoms with E-state index in [1.165, 1.54) is 13.5 Å². The highest BCUT2D eigenvalue weighted by atomic mass is 16.5. The maximum absolute atomic E-state index is 11.9. The zero-order valence-corrected chi connectivity index (χ0v) is 11.2. The number of carbonyl (C=O) groups is 1. The Morgan fingerprint density at radius 1 is 1.61 bits per heavy atom. The predicted octanol–water partition coefficient (Wildman–Crippen LogP) is 1.68. The van der Waals surface area contributed by atoms with Gasteiger partial charge in [-0.2, -0.15) is 0 Å². The number of esters is 1. The lowest BCUT2D eigenvalue weighted by Crippen LogP contribution is -2.28. The number of aromatic nitrogens is 2. The summed E-state index contributed by atoms with van der Waals surface area (Å²) in [5, 5.41) is 3.44. The lowest BCUT2D eigenvalue weighted by molar-refractivity contribution is -0.146. The van der Waals surface area contributed by atoms with Gasteiger partial charge in [0, 0.05) is 12.2 Å². The number of nitrogens with zero attached hydrogens (tertiary/aromatic N) is 2. The van der Waals surface area contributed by atoms with Crippen molar-refractivity contribution in [1.29, 1.82) is 0 Å². The summed E-state index contributed by atoms with van der Waals surface area (Å²) in [6, 6.07) is 0.00769. The molecule has 0 bridgehead atoms. The molecule has 5 heteroatoms. The number of nitrogens with one attached hydrogen (secondary N) is 1. The molecule has 0 spiro atoms. The number of hydrogen-bond donors (Lipinski definition) is 1. The molecule has 1 aromatic rings. The lowest BCUT2D eigenvalue weighted by Gasteiger charge is -2.24. The van der Waals surface area contributed by atoms with E-state index in [1.807, 2.05) is 24.6 Å². The van der Waals surface area contributed by atoms with Gasteiger partial charge < -0.3 is 14.6 Å². The van der Waals surface area contributed by atoms with Crippen molar-refractivity contribution in [3.05, 3.63) is 18.2 Å². The smallest absolute Gasteiger partial charge is 0.329 e. The molecular formula is C13H21N3O2. The van der Waals surface area contributed by atoms with Crippen molar-refractivity contribution >= 4 is 5.97 Å². The maximum atomic E-state index is 11.9. The molecule has 0 radical (unpaired) electrons. The number of hydrogen-bond acceptors (Lipinski definition) is 4. The van der Waals surface area contributed by atoms with Crippen LogP contribution in [0.2, 0.25) is 0 Å². The van der Waals surface area contributed by atoms with Crippen molar-refractivity contribution in [3.8, 4) is 0 Å². The number of rotatable bonds is 4. The molecule has 1 aliphatic heterocycles. The largest absolute Gasteiger partial charge is 0.467 e. The van der Waals surface area contributed by atoms with Crippen molar-refractivity contribution in [2.24, 2.45) is 5.92 Å². The standard InChI is InChI=1S/C13H21N3O2/c1-9(2)12(13(17)18-3)16-8-14-7-11(16)10-5-4-6-15-10/h7-10,12,15H,4-6H2,1-3H3/t10-,12?/m0/s1. The van der Waals surface area contributed by atoms with Crippen LogP contribution in [-0.2, 0) is 9.53 Å². The van der Waals surface area contributed by atoms with Crippen LogP contribution in [0.15, 0.2) is 12.5 Å². The van der Waals surface area contributed by atoms with Gasteiger partial charge >= 0.3 is 5.97 Å². The second-order valence-corrected chi connectivity index (χ2v) is 5.09. The third-order valence-electron chi connectivity index (χ3n) is 3.49. The number of carbonyl (C=O) groups excluding carboxylic acids is 1. The first-order valence-electron chi connectivity index (χ1n) is 6.48. The van der Waals surface area contributed by atoms with Crippen molar-refractivity contribution in [2.75, 3.05) is 13.7 Å². The van der Waals surface area contributed by atoms with Crippen LogP contribution in [0.3, 0.4) is 0 Å². The summed E-state index contributed by atoms with van der Waals surface area (Å²) < 4.78 is 6.86. The highest BCUT2D eigenvalue weighted by Gasteiger charge is 2.29. The van der Waals surface area contributed by atoms with Gasteiger partial charge in [0.1, 0.15) is 6.04 Å². The summed E-state index contributed by atoms with van der Waals surface area (Å²) in [5.74, 6) is -0.0333. The molecule has 100 valence electrons. The molecule has 1 aliphatic rings. The van der Waals surface area contributed by atoms with Gasteiger partial charge in [-0.1, -0.05) is 13.8 Å². The first kappa shape index (κ1) is 13.1. The monoisotopic (exact) mass is 251 g/mol. The summed E-state index contributed by atoms with van der Waals surface area (Å²) in [5.41, 5.74) is 1.08. The lowest BCUT2D eigenvalue weighted by atomic mass is 10.0. The molecule has 5 nitrogen and oxygen atoms in total. The quantitative estimate of drug-likeness (QED) is 0.827. The number of imidazole rings is 1. The third kappa shape index (κ3) is 2.41. The highest BCUT2D eigenvalue weighted by Crippen LogP contribution is 2.28. The molecule has 0 aliphatic carbocycles. The molecule has 0 amide bonds. The molecule has 18 heavy (non-hydrogen) atoms. The zero-order chi connectivity index (χ0) is 13.1. The average molecular weight is 251 g/mol. The molecular weight excluding hydrogens is 230 g/mol. The van der Waals surface area contributed by atoms with E-state index < -0.39 is 0 Å². The predicted molar refractivity (Wildman–Crippen MR) is 68.1 cm³/mol. The maximum Gasteiger partial charge on any atom is 0.329 e. The van der Waals surface area contributed by atoms with Crippen LogP contribution in [0, 0.1) is 5.92 Å². The van der Waals surface area contributed by atoms with Crippen LogP contribution in [0.25, 0.3) is 0 Å². The average Bonchev–Trinajstić information content (AvgIpc) is 2.97. The fourth-order valence-corrected chi connectivity index (χ4v) is 2.58. The van der Waals surface area contributed by atoms with E-state index in [1.54, 1.807) is 6.33 Å². The zero-order valence-electron chi connectivity index (χ0n) is 11.2. The van der Waals surface area contributed by atoms with Crippen LogP contribution in [0.4, 0.5) is 0 Å². The van der Waals surface area contributed by atoms with E-state index in [4.69, 9.17) is 4.74 Å². The first-order valence-corrected chi connectivity index (χ1v) is 6.48. The summed E-state index contributed by atoms with van der Waals surface area (Å²) in [6.45, 7) is 5.07. The molecule has 1 aromatic heterocycles. The third-order valence-corrected chi connectivity index (χ3v) is 3.49. The van der Waals surface area contributed by atoms with Crippen molar-refractivity contribution < 1.29 is 9.53 Å². The molecule has 1 saturated heterocycles. The van der Waals surface area contributed by atoms with Crippen LogP contribution in [-0.4, -0.2) is 29.2 Å². The second kappa shape index (κ2) is 5.52. The van der Waals surface area contributed by atoms with Gasteiger partial charge in [-0.25, -0.2) is 9.78 Å². The highest BCUT2D eigenvalue weighted by molar-refractivity contribution is 5.74. The minimum atomic E-state index is -0.296. The second-order valence-electron chi connectivity index (χ2n) is 5.09. The minimum absolute atomic E-state index is 0.173. The Hall–Kier alpha value is -1.36. The Balaban J connectivity index is 2.30. The van der Waals surface area contributed by atoms with Crippen LogP contribution in [0.1, 0.15) is 44.5 Å². The van der Waals surface area contributed by atoms with Crippen molar-refractivity contribution in [3.63, 3.8) is 0 Å². The van der Waals surface area contributed by atoms with Gasteiger partial charge in [-0.15, -0.1) is 0 Å². The van der Waals surface area contributed by atoms with Crippen molar-refractivity contribution in [1.82, 2.24) is 14.9 Å². The van der Waals surface area contributed by atoms with E-state index in [9.17, 15) is 4.79 Å². The van der Waals surface area contributed by atoms with Crippen LogP contribution < -0.4 is 5.32 Å². The van der Waals surface area contributed by atoms with Gasteiger partial charge in [-0.05, 0) is 25.3 Å². The number of ether oxygens (including phenoxy) is 1. The summed E-state index contributed by atoms with van der Waals surface area (Å²) in [6.07, 6.45) is 5.84. The normalized spacial score (nSPS) is 21.2. The van der Waals surface area contributed by atoms with Gasteiger partial charge in [-0.3, -0.25) is 0 Å². The van der Waals surface area contributed by atoms with Crippen LogP contribution >= 0.6 is 0 Å². The topological polar surface area (TPSA) is 56.2 Å². The van der Waals surface area contributed by atoms with Gasteiger partial charge in [0.05, 0.1) is 19.1 Å². The van der Waals surface area contributed by atoms with Crippen molar-refractivity contribution in [2.45, 2.75) is 38.8 Å². The van der Waals surface area contributed by atoms with E-state index in [0.29, 0.717) is 6.04 Å². The Bertz CT molecular complexity index is 408. The molecule has 1 fully saturated rings. The van der Waals surface area contributed by atoms with E-state index in [0.717, 1.165) is 18.7 Å². The molecule has 2 rings (SSSR count). The van der Waals surface area contributed by atoms with Crippen LogP contribution in [0.5, 0.6) is 0 Å². The van der Waals surface area contributed by atoms with Gasteiger partial charge in [0.2, 0.25) is 0 Å². The van der Waals surface area contributed by atoms with E-state index in [-0.39, 0.29) is 17.9 Å². The Kier molecular flexibility index (Phi) is 4.01. The van der Waals surface area contributed by atoms with E-state index in [2.05, 4.69) is 10.3 Å². The summed E-state index contributed by atoms with van der Waals surface area (Å²) in [7, 11) is 1.43.